The topological polar surface area (TPSA) is 56.2 Å². The zero-order chi connectivity index (χ0) is 20.0. The van der Waals surface area contributed by atoms with Gasteiger partial charge in [-0.25, -0.2) is 4.98 Å². The van der Waals surface area contributed by atoms with Crippen LogP contribution in [0.5, 0.6) is 5.75 Å². The second-order valence-electron chi connectivity index (χ2n) is 7.56. The lowest BCUT2D eigenvalue weighted by Gasteiger charge is -2.15. The zero-order valence-corrected chi connectivity index (χ0v) is 17.3. The molecule has 2 heterocycles. The normalized spacial score (nSPS) is 13.0. The van der Waals surface area contributed by atoms with E-state index in [4.69, 9.17) is 9.72 Å². The summed E-state index contributed by atoms with van der Waals surface area (Å²) in [7, 11) is 1.68. The molecule has 28 heavy (non-hydrogen) atoms. The Balaban J connectivity index is 2.03. The molecule has 0 fully saturated rings. The first kappa shape index (κ1) is 18.5. The van der Waals surface area contributed by atoms with Crippen LogP contribution in [0.15, 0.2) is 18.2 Å². The van der Waals surface area contributed by atoms with Crippen LogP contribution in [0.3, 0.4) is 0 Å². The number of carbonyl (C=O) groups is 1. The third-order valence-electron chi connectivity index (χ3n) is 5.90. The molecule has 0 bridgehead atoms. The van der Waals surface area contributed by atoms with Crippen molar-refractivity contribution in [3.05, 3.63) is 46.3 Å². The number of fused-ring (bicyclic) bond motifs is 2. The van der Waals surface area contributed by atoms with Gasteiger partial charge in [0.1, 0.15) is 11.4 Å². The number of benzene rings is 1. The van der Waals surface area contributed by atoms with E-state index in [9.17, 15) is 4.79 Å². The SMILES string of the molecule is CCC(=O)Nc1c2c(nc3c1c(C)c(C)n3-c1ccc(OC)cc1C)CCC2. The van der Waals surface area contributed by atoms with Crippen LogP contribution in [0, 0.1) is 20.8 Å². The molecule has 0 radical (unpaired) electrons. The van der Waals surface area contributed by atoms with Gasteiger partial charge in [-0.15, -0.1) is 0 Å². The molecule has 1 N–H and O–H groups in total. The average molecular weight is 377 g/mol. The summed E-state index contributed by atoms with van der Waals surface area (Å²) in [6.45, 7) is 8.22. The number of hydrogen-bond acceptors (Lipinski definition) is 3. The number of nitrogens with zero attached hydrogens (tertiary/aromatic N) is 2. The lowest BCUT2D eigenvalue weighted by molar-refractivity contribution is -0.115. The van der Waals surface area contributed by atoms with Crippen molar-refractivity contribution in [2.24, 2.45) is 0 Å². The van der Waals surface area contributed by atoms with Gasteiger partial charge in [0.15, 0.2) is 0 Å². The molecular formula is C23H27N3O2. The number of hydrogen-bond donors (Lipinski definition) is 1. The fourth-order valence-electron chi connectivity index (χ4n) is 4.26. The molecule has 1 aromatic carbocycles. The highest BCUT2D eigenvalue weighted by molar-refractivity contribution is 6.04. The summed E-state index contributed by atoms with van der Waals surface area (Å²) < 4.78 is 7.59. The molecule has 0 unspecified atom stereocenters. The van der Waals surface area contributed by atoms with Crippen LogP contribution in [0.25, 0.3) is 16.7 Å². The van der Waals surface area contributed by atoms with Crippen molar-refractivity contribution < 1.29 is 9.53 Å². The van der Waals surface area contributed by atoms with E-state index in [2.05, 4.69) is 36.7 Å². The fraction of sp³-hybridized carbons (Fsp3) is 0.391. The van der Waals surface area contributed by atoms with E-state index >= 15 is 0 Å². The van der Waals surface area contributed by atoms with Crippen LogP contribution in [0.2, 0.25) is 0 Å². The number of rotatable bonds is 4. The van der Waals surface area contributed by atoms with Crippen LogP contribution < -0.4 is 10.1 Å². The number of aromatic nitrogens is 2. The van der Waals surface area contributed by atoms with E-state index in [1.807, 2.05) is 19.1 Å². The standard InChI is InChI=1S/C23H27N3O2/c1-6-20(27)25-22-17-8-7-9-18(17)24-23-21(22)14(3)15(4)26(23)19-11-10-16(28-5)12-13(19)2/h10-12H,6-9H2,1-5H3,(H,24,25,27). The van der Waals surface area contributed by atoms with Crippen molar-refractivity contribution in [2.45, 2.75) is 53.4 Å². The van der Waals surface area contributed by atoms with E-state index in [0.29, 0.717) is 6.42 Å². The second-order valence-corrected chi connectivity index (χ2v) is 7.56. The largest absolute Gasteiger partial charge is 0.497 e. The molecule has 0 saturated carbocycles. The first-order valence-corrected chi connectivity index (χ1v) is 9.94. The van der Waals surface area contributed by atoms with Gasteiger partial charge in [0, 0.05) is 23.2 Å². The summed E-state index contributed by atoms with van der Waals surface area (Å²) in [5, 5.41) is 4.25. The molecule has 0 spiro atoms. The van der Waals surface area contributed by atoms with Gasteiger partial charge in [0.25, 0.3) is 0 Å². The summed E-state index contributed by atoms with van der Waals surface area (Å²) in [6, 6.07) is 6.11. The maximum Gasteiger partial charge on any atom is 0.224 e. The third-order valence-corrected chi connectivity index (χ3v) is 5.90. The van der Waals surface area contributed by atoms with Crippen molar-refractivity contribution in [1.82, 2.24) is 9.55 Å². The summed E-state index contributed by atoms with van der Waals surface area (Å²) in [5.74, 6) is 0.892. The van der Waals surface area contributed by atoms with Crippen molar-refractivity contribution >= 4 is 22.6 Å². The lowest BCUT2D eigenvalue weighted by atomic mass is 10.1. The van der Waals surface area contributed by atoms with E-state index in [1.54, 1.807) is 7.11 Å². The van der Waals surface area contributed by atoms with Crippen LogP contribution >= 0.6 is 0 Å². The van der Waals surface area contributed by atoms with Crippen LogP contribution in [-0.4, -0.2) is 22.6 Å². The number of ether oxygens (including phenoxy) is 1. The Labute approximate surface area is 165 Å². The Hall–Kier alpha value is -2.82. The highest BCUT2D eigenvalue weighted by Crippen LogP contribution is 2.40. The predicted molar refractivity (Wildman–Crippen MR) is 113 cm³/mol. The fourth-order valence-corrected chi connectivity index (χ4v) is 4.26. The monoisotopic (exact) mass is 377 g/mol. The maximum absolute atomic E-state index is 12.3. The molecule has 4 rings (SSSR count). The minimum atomic E-state index is 0.0482. The van der Waals surface area contributed by atoms with Gasteiger partial charge in [-0.2, -0.15) is 0 Å². The molecule has 0 saturated heterocycles. The maximum atomic E-state index is 12.3. The predicted octanol–water partition coefficient (Wildman–Crippen LogP) is 4.80. The molecule has 146 valence electrons. The molecule has 1 aliphatic carbocycles. The molecule has 5 nitrogen and oxygen atoms in total. The summed E-state index contributed by atoms with van der Waals surface area (Å²) in [6.07, 6.45) is 3.49. The van der Waals surface area contributed by atoms with Gasteiger partial charge in [0.2, 0.25) is 5.91 Å². The van der Waals surface area contributed by atoms with Crippen LogP contribution in [-0.2, 0) is 17.6 Å². The van der Waals surface area contributed by atoms with Crippen molar-refractivity contribution in [3.63, 3.8) is 0 Å². The Kier molecular flexibility index (Phi) is 4.61. The summed E-state index contributed by atoms with van der Waals surface area (Å²) >= 11 is 0. The smallest absolute Gasteiger partial charge is 0.224 e. The number of methoxy groups -OCH3 is 1. The number of carbonyl (C=O) groups excluding carboxylic acids is 1. The number of nitrogens with one attached hydrogen (secondary N) is 1. The highest BCUT2D eigenvalue weighted by Gasteiger charge is 2.26. The van der Waals surface area contributed by atoms with E-state index < -0.39 is 0 Å². The average Bonchev–Trinajstić information content (AvgIpc) is 3.25. The van der Waals surface area contributed by atoms with Crippen LogP contribution in [0.4, 0.5) is 5.69 Å². The zero-order valence-electron chi connectivity index (χ0n) is 17.3. The van der Waals surface area contributed by atoms with E-state index in [0.717, 1.165) is 64.4 Å². The summed E-state index contributed by atoms with van der Waals surface area (Å²) in [5.41, 5.74) is 8.75. The van der Waals surface area contributed by atoms with Gasteiger partial charge in [0.05, 0.1) is 18.5 Å². The van der Waals surface area contributed by atoms with Crippen LogP contribution in [0.1, 0.15) is 47.8 Å². The minimum Gasteiger partial charge on any atom is -0.497 e. The molecule has 5 heteroatoms. The first-order chi connectivity index (χ1) is 13.5. The Morgan fingerprint density at radius 1 is 1.25 bits per heavy atom. The Morgan fingerprint density at radius 2 is 2.04 bits per heavy atom. The molecule has 3 aromatic rings. The molecule has 1 amide bonds. The van der Waals surface area contributed by atoms with Crippen molar-refractivity contribution in [1.29, 1.82) is 0 Å². The summed E-state index contributed by atoms with van der Waals surface area (Å²) in [4.78, 5) is 17.3. The van der Waals surface area contributed by atoms with Gasteiger partial charge in [-0.1, -0.05) is 6.92 Å². The van der Waals surface area contributed by atoms with E-state index in [1.165, 1.54) is 11.1 Å². The highest BCUT2D eigenvalue weighted by atomic mass is 16.5. The lowest BCUT2D eigenvalue weighted by Crippen LogP contribution is -2.12. The first-order valence-electron chi connectivity index (χ1n) is 9.94. The quantitative estimate of drug-likeness (QED) is 0.711. The third kappa shape index (κ3) is 2.77. The van der Waals surface area contributed by atoms with Gasteiger partial charge in [-0.3, -0.25) is 9.36 Å². The molecule has 2 aromatic heterocycles. The van der Waals surface area contributed by atoms with E-state index in [-0.39, 0.29) is 5.91 Å². The number of amides is 1. The number of pyridine rings is 1. The van der Waals surface area contributed by atoms with Crippen molar-refractivity contribution in [3.8, 4) is 11.4 Å². The molecular weight excluding hydrogens is 350 g/mol. The Bertz CT molecular complexity index is 1100. The Morgan fingerprint density at radius 3 is 2.71 bits per heavy atom. The van der Waals surface area contributed by atoms with Gasteiger partial charge >= 0.3 is 0 Å². The molecule has 0 aliphatic heterocycles. The van der Waals surface area contributed by atoms with Gasteiger partial charge in [-0.05, 0) is 74.9 Å². The number of anilines is 1. The second kappa shape index (κ2) is 6.97. The molecule has 0 atom stereocenters. The van der Waals surface area contributed by atoms with Gasteiger partial charge < -0.3 is 10.1 Å². The van der Waals surface area contributed by atoms with Crippen molar-refractivity contribution in [2.75, 3.05) is 12.4 Å². The minimum absolute atomic E-state index is 0.0482. The number of aryl methyl sites for hydroxylation is 3. The molecule has 1 aliphatic rings.